The SMILES string of the molecule is CCNC(=NCCNC(=O)c1ccco1)Nc1ccc(OC)c(OC)c1.I. The standard InChI is InChI=1S/C18H24N4O4.HI/c1-4-19-18(21-10-9-20-17(23)15-6-5-11-26-15)22-13-7-8-14(24-2)16(12-13)25-3;/h5-8,11-12H,4,9-10H2,1-3H3,(H,20,23)(H2,19,21,22);1H. The van der Waals surface area contributed by atoms with Crippen LogP contribution >= 0.6 is 24.0 Å². The van der Waals surface area contributed by atoms with Crippen LogP contribution in [0.4, 0.5) is 5.69 Å². The minimum atomic E-state index is -0.261. The number of halogens is 1. The highest BCUT2D eigenvalue weighted by Gasteiger charge is 2.08. The topological polar surface area (TPSA) is 97.1 Å². The molecule has 2 aromatic rings. The van der Waals surface area contributed by atoms with Gasteiger partial charge >= 0.3 is 0 Å². The van der Waals surface area contributed by atoms with Crippen molar-refractivity contribution in [2.75, 3.05) is 39.2 Å². The van der Waals surface area contributed by atoms with Gasteiger partial charge in [-0.1, -0.05) is 0 Å². The van der Waals surface area contributed by atoms with Crippen LogP contribution in [0, 0.1) is 0 Å². The minimum Gasteiger partial charge on any atom is -0.493 e. The second kappa shape index (κ2) is 12.0. The average Bonchev–Trinajstić information content (AvgIpc) is 3.20. The van der Waals surface area contributed by atoms with Gasteiger partial charge in [-0.2, -0.15) is 0 Å². The van der Waals surface area contributed by atoms with Gasteiger partial charge in [0.15, 0.2) is 23.2 Å². The number of hydrogen-bond donors (Lipinski definition) is 3. The van der Waals surface area contributed by atoms with E-state index in [1.807, 2.05) is 25.1 Å². The number of amides is 1. The molecule has 0 atom stereocenters. The second-order valence-electron chi connectivity index (χ2n) is 5.19. The van der Waals surface area contributed by atoms with E-state index in [1.165, 1.54) is 6.26 Å². The molecule has 1 amide bonds. The molecule has 1 heterocycles. The van der Waals surface area contributed by atoms with Gasteiger partial charge < -0.3 is 29.8 Å². The van der Waals surface area contributed by atoms with E-state index in [0.29, 0.717) is 37.1 Å². The van der Waals surface area contributed by atoms with E-state index in [0.717, 1.165) is 5.69 Å². The Morgan fingerprint density at radius 3 is 2.56 bits per heavy atom. The van der Waals surface area contributed by atoms with Crippen molar-refractivity contribution in [2.24, 2.45) is 4.99 Å². The Balaban J connectivity index is 0.00000364. The number of nitrogens with one attached hydrogen (secondary N) is 3. The summed E-state index contributed by atoms with van der Waals surface area (Å²) in [6.45, 7) is 3.49. The number of guanidine groups is 1. The van der Waals surface area contributed by atoms with Crippen LogP contribution in [0.5, 0.6) is 11.5 Å². The highest BCUT2D eigenvalue weighted by molar-refractivity contribution is 14.0. The van der Waals surface area contributed by atoms with Crippen LogP contribution in [-0.4, -0.2) is 45.7 Å². The summed E-state index contributed by atoms with van der Waals surface area (Å²) in [5, 5.41) is 9.09. The molecule has 0 aliphatic carbocycles. The third kappa shape index (κ3) is 7.00. The zero-order valence-corrected chi connectivity index (χ0v) is 17.9. The second-order valence-corrected chi connectivity index (χ2v) is 5.19. The van der Waals surface area contributed by atoms with Gasteiger partial charge in [-0.3, -0.25) is 9.79 Å². The molecule has 0 saturated heterocycles. The van der Waals surface area contributed by atoms with Gasteiger partial charge in [0.2, 0.25) is 0 Å². The van der Waals surface area contributed by atoms with Gasteiger partial charge in [0.25, 0.3) is 5.91 Å². The zero-order valence-electron chi connectivity index (χ0n) is 15.6. The molecular formula is C18H25IN4O4. The van der Waals surface area contributed by atoms with E-state index in [4.69, 9.17) is 13.9 Å². The number of anilines is 1. The molecule has 9 heteroatoms. The van der Waals surface area contributed by atoms with Crippen LogP contribution in [0.1, 0.15) is 17.5 Å². The summed E-state index contributed by atoms with van der Waals surface area (Å²) >= 11 is 0. The molecular weight excluding hydrogens is 463 g/mol. The molecule has 0 spiro atoms. The van der Waals surface area contributed by atoms with E-state index < -0.39 is 0 Å². The van der Waals surface area contributed by atoms with Crippen LogP contribution < -0.4 is 25.4 Å². The highest BCUT2D eigenvalue weighted by Crippen LogP contribution is 2.29. The monoisotopic (exact) mass is 488 g/mol. The van der Waals surface area contributed by atoms with Crippen molar-refractivity contribution in [3.63, 3.8) is 0 Å². The number of ether oxygens (including phenoxy) is 2. The number of hydrogen-bond acceptors (Lipinski definition) is 5. The van der Waals surface area contributed by atoms with Crippen LogP contribution in [0.2, 0.25) is 0 Å². The first-order valence-electron chi connectivity index (χ1n) is 8.27. The molecule has 3 N–H and O–H groups in total. The molecule has 8 nitrogen and oxygen atoms in total. The molecule has 0 aliphatic rings. The Labute approximate surface area is 175 Å². The Morgan fingerprint density at radius 1 is 1.15 bits per heavy atom. The lowest BCUT2D eigenvalue weighted by Crippen LogP contribution is -2.32. The van der Waals surface area contributed by atoms with Gasteiger partial charge in [0.1, 0.15) is 0 Å². The first-order chi connectivity index (χ1) is 12.7. The Kier molecular flexibility index (Phi) is 10.1. The third-order valence-electron chi connectivity index (χ3n) is 3.40. The number of carbonyl (C=O) groups is 1. The predicted octanol–water partition coefficient (Wildman–Crippen LogP) is 2.72. The zero-order chi connectivity index (χ0) is 18.8. The molecule has 2 rings (SSSR count). The number of benzene rings is 1. The highest BCUT2D eigenvalue weighted by atomic mass is 127. The largest absolute Gasteiger partial charge is 0.493 e. The summed E-state index contributed by atoms with van der Waals surface area (Å²) in [7, 11) is 3.18. The van der Waals surface area contributed by atoms with Gasteiger partial charge in [-0.05, 0) is 31.2 Å². The summed E-state index contributed by atoms with van der Waals surface area (Å²) in [6.07, 6.45) is 1.46. The lowest BCUT2D eigenvalue weighted by Gasteiger charge is -2.14. The third-order valence-corrected chi connectivity index (χ3v) is 3.40. The van der Waals surface area contributed by atoms with Crippen LogP contribution in [0.25, 0.3) is 0 Å². The van der Waals surface area contributed by atoms with Gasteiger partial charge in [0, 0.05) is 24.8 Å². The average molecular weight is 488 g/mol. The molecule has 1 aromatic heterocycles. The van der Waals surface area contributed by atoms with E-state index in [-0.39, 0.29) is 35.6 Å². The molecule has 27 heavy (non-hydrogen) atoms. The Morgan fingerprint density at radius 2 is 1.93 bits per heavy atom. The van der Waals surface area contributed by atoms with Crippen molar-refractivity contribution < 1.29 is 18.7 Å². The maximum Gasteiger partial charge on any atom is 0.287 e. The van der Waals surface area contributed by atoms with Crippen LogP contribution in [-0.2, 0) is 0 Å². The van der Waals surface area contributed by atoms with Crippen molar-refractivity contribution in [1.29, 1.82) is 0 Å². The number of methoxy groups -OCH3 is 2. The maximum absolute atomic E-state index is 11.8. The summed E-state index contributed by atoms with van der Waals surface area (Å²) in [4.78, 5) is 16.2. The minimum absolute atomic E-state index is 0. The normalized spacial score (nSPS) is 10.6. The quantitative estimate of drug-likeness (QED) is 0.229. The van der Waals surface area contributed by atoms with Gasteiger partial charge in [-0.25, -0.2) is 0 Å². The van der Waals surface area contributed by atoms with Crippen molar-refractivity contribution in [1.82, 2.24) is 10.6 Å². The van der Waals surface area contributed by atoms with Crippen molar-refractivity contribution in [3.8, 4) is 11.5 Å². The number of nitrogens with zero attached hydrogens (tertiary/aromatic N) is 1. The summed E-state index contributed by atoms with van der Waals surface area (Å²) in [5.74, 6) is 1.90. The maximum atomic E-state index is 11.8. The van der Waals surface area contributed by atoms with Crippen molar-refractivity contribution >= 4 is 41.5 Å². The fourth-order valence-corrected chi connectivity index (χ4v) is 2.19. The summed E-state index contributed by atoms with van der Waals surface area (Å²) < 4.78 is 15.6. The molecule has 0 bridgehead atoms. The van der Waals surface area contributed by atoms with Gasteiger partial charge in [0.05, 0.1) is 27.0 Å². The molecule has 1 aromatic carbocycles. The van der Waals surface area contributed by atoms with E-state index in [1.54, 1.807) is 26.4 Å². The molecule has 0 saturated carbocycles. The first-order valence-corrected chi connectivity index (χ1v) is 8.27. The Bertz CT molecular complexity index is 735. The fourth-order valence-electron chi connectivity index (χ4n) is 2.19. The fraction of sp³-hybridized carbons (Fsp3) is 0.333. The van der Waals surface area contributed by atoms with Crippen molar-refractivity contribution in [2.45, 2.75) is 6.92 Å². The summed E-state index contributed by atoms with van der Waals surface area (Å²) in [6, 6.07) is 8.79. The molecule has 0 radical (unpaired) electrons. The molecule has 0 aliphatic heterocycles. The van der Waals surface area contributed by atoms with E-state index >= 15 is 0 Å². The first kappa shape index (κ1) is 22.6. The summed E-state index contributed by atoms with van der Waals surface area (Å²) in [5.41, 5.74) is 0.807. The smallest absolute Gasteiger partial charge is 0.287 e. The number of rotatable bonds is 8. The lowest BCUT2D eigenvalue weighted by molar-refractivity contribution is 0.0927. The number of aliphatic imine (C=N–C) groups is 1. The number of furan rings is 1. The van der Waals surface area contributed by atoms with Crippen molar-refractivity contribution in [3.05, 3.63) is 42.4 Å². The van der Waals surface area contributed by atoms with Gasteiger partial charge in [-0.15, -0.1) is 24.0 Å². The van der Waals surface area contributed by atoms with E-state index in [9.17, 15) is 4.79 Å². The lowest BCUT2D eigenvalue weighted by atomic mass is 10.3. The predicted molar refractivity (Wildman–Crippen MR) is 116 cm³/mol. The molecule has 0 fully saturated rings. The molecule has 0 unspecified atom stereocenters. The molecule has 148 valence electrons. The van der Waals surface area contributed by atoms with E-state index in [2.05, 4.69) is 20.9 Å². The van der Waals surface area contributed by atoms with Crippen LogP contribution in [0.15, 0.2) is 46.0 Å². The number of carbonyl (C=O) groups excluding carboxylic acids is 1. The Hall–Kier alpha value is -2.43. The van der Waals surface area contributed by atoms with Crippen LogP contribution in [0.3, 0.4) is 0 Å².